The molecule has 166 valence electrons. The molecule has 2 aromatic rings. The summed E-state index contributed by atoms with van der Waals surface area (Å²) in [5.41, 5.74) is 1.06. The summed E-state index contributed by atoms with van der Waals surface area (Å²) in [4.78, 5) is 12.2. The third-order valence-electron chi connectivity index (χ3n) is 4.55. The second kappa shape index (κ2) is 10.5. The van der Waals surface area contributed by atoms with Crippen molar-refractivity contribution in [1.29, 1.82) is 0 Å². The average molecular weight is 452 g/mol. The molecule has 3 rings (SSSR count). The molecule has 0 atom stereocenters. The number of carbonyl (C=O) groups is 1. The van der Waals surface area contributed by atoms with E-state index in [1.165, 1.54) is 34.7 Å². The summed E-state index contributed by atoms with van der Waals surface area (Å²) in [5, 5.41) is 2.66. The first-order valence-corrected chi connectivity index (χ1v) is 11.0. The van der Waals surface area contributed by atoms with Crippen molar-refractivity contribution in [2.45, 2.75) is 18.1 Å². The zero-order chi connectivity index (χ0) is 22.3. The minimum atomic E-state index is -3.57. The van der Waals surface area contributed by atoms with Crippen LogP contribution in [0, 0.1) is 0 Å². The van der Waals surface area contributed by atoms with Crippen LogP contribution in [-0.2, 0) is 26.1 Å². The Labute approximate surface area is 179 Å². The number of benzene rings is 2. The van der Waals surface area contributed by atoms with Gasteiger partial charge in [0.15, 0.2) is 0 Å². The number of nitrogens with zero attached hydrogens (tertiary/aromatic N) is 1. The third kappa shape index (κ3) is 6.33. The van der Waals surface area contributed by atoms with Gasteiger partial charge in [-0.3, -0.25) is 4.79 Å². The summed E-state index contributed by atoms with van der Waals surface area (Å²) < 4.78 is 61.1. The topological polar surface area (TPSA) is 84.9 Å². The van der Waals surface area contributed by atoms with Gasteiger partial charge in [0.2, 0.25) is 15.9 Å². The Bertz CT molecular complexity index is 1020. The second-order valence-electron chi connectivity index (χ2n) is 6.63. The summed E-state index contributed by atoms with van der Waals surface area (Å²) in [6.07, 6.45) is 2.59. The molecule has 1 aliphatic heterocycles. The largest absolute Gasteiger partial charge is 0.434 e. The van der Waals surface area contributed by atoms with Gasteiger partial charge < -0.3 is 14.8 Å². The molecule has 0 aliphatic carbocycles. The van der Waals surface area contributed by atoms with Crippen LogP contribution in [-0.4, -0.2) is 51.5 Å². The van der Waals surface area contributed by atoms with Gasteiger partial charge in [0, 0.05) is 31.3 Å². The standard InChI is InChI=1S/C21H22F2N2O5S/c22-21(23)30-19-4-2-1-3-17(19)7-10-20(26)24-15-16-5-8-18(9-6-16)31(27,28)25-11-13-29-14-12-25/h1-10,21H,11-15H2,(H,24,26)/b10-7+. The highest BCUT2D eigenvalue weighted by Crippen LogP contribution is 2.21. The van der Waals surface area contributed by atoms with Crippen LogP contribution in [0.3, 0.4) is 0 Å². The minimum absolute atomic E-state index is 0.0291. The number of alkyl halides is 2. The van der Waals surface area contributed by atoms with Crippen molar-refractivity contribution in [3.8, 4) is 5.75 Å². The number of morpholine rings is 1. The van der Waals surface area contributed by atoms with E-state index in [0.29, 0.717) is 37.4 Å². The van der Waals surface area contributed by atoms with Crippen molar-refractivity contribution < 1.29 is 31.5 Å². The Morgan fingerprint density at radius 1 is 1.13 bits per heavy atom. The number of para-hydroxylation sites is 1. The Kier molecular flexibility index (Phi) is 7.72. The first kappa shape index (κ1) is 22.9. The first-order chi connectivity index (χ1) is 14.9. The predicted octanol–water partition coefficient (Wildman–Crippen LogP) is 2.64. The van der Waals surface area contributed by atoms with Crippen molar-refractivity contribution >= 4 is 22.0 Å². The lowest BCUT2D eigenvalue weighted by molar-refractivity contribution is -0.116. The molecule has 1 heterocycles. The summed E-state index contributed by atoms with van der Waals surface area (Å²) in [6, 6.07) is 12.4. The number of sulfonamides is 1. The number of amides is 1. The zero-order valence-electron chi connectivity index (χ0n) is 16.5. The molecular weight excluding hydrogens is 430 g/mol. The molecule has 1 amide bonds. The average Bonchev–Trinajstić information content (AvgIpc) is 2.77. The molecule has 1 saturated heterocycles. The smallest absolute Gasteiger partial charge is 0.387 e. The van der Waals surface area contributed by atoms with E-state index in [4.69, 9.17) is 4.74 Å². The number of hydrogen-bond donors (Lipinski definition) is 1. The lowest BCUT2D eigenvalue weighted by Crippen LogP contribution is -2.40. The fraction of sp³-hybridized carbons (Fsp3) is 0.286. The SMILES string of the molecule is O=C(/C=C/c1ccccc1OC(F)F)NCc1ccc(S(=O)(=O)N2CCOCC2)cc1. The highest BCUT2D eigenvalue weighted by molar-refractivity contribution is 7.89. The highest BCUT2D eigenvalue weighted by atomic mass is 32.2. The predicted molar refractivity (Wildman–Crippen MR) is 110 cm³/mol. The molecule has 10 heteroatoms. The molecule has 0 spiro atoms. The van der Waals surface area contributed by atoms with Crippen LogP contribution >= 0.6 is 0 Å². The fourth-order valence-corrected chi connectivity index (χ4v) is 4.36. The van der Waals surface area contributed by atoms with Gasteiger partial charge in [-0.15, -0.1) is 0 Å². The maximum absolute atomic E-state index is 12.6. The summed E-state index contributed by atoms with van der Waals surface area (Å²) >= 11 is 0. The van der Waals surface area contributed by atoms with Crippen LogP contribution in [0.5, 0.6) is 5.75 Å². The van der Waals surface area contributed by atoms with Crippen molar-refractivity contribution in [2.75, 3.05) is 26.3 Å². The molecular formula is C21H22F2N2O5S. The van der Waals surface area contributed by atoms with Crippen molar-refractivity contribution in [1.82, 2.24) is 9.62 Å². The molecule has 0 bridgehead atoms. The van der Waals surface area contributed by atoms with Crippen molar-refractivity contribution in [2.24, 2.45) is 0 Å². The van der Waals surface area contributed by atoms with Crippen molar-refractivity contribution in [3.05, 3.63) is 65.7 Å². The molecule has 0 saturated carbocycles. The Hall–Kier alpha value is -2.82. The highest BCUT2D eigenvalue weighted by Gasteiger charge is 2.26. The van der Waals surface area contributed by atoms with E-state index in [9.17, 15) is 22.0 Å². The van der Waals surface area contributed by atoms with E-state index in [0.717, 1.165) is 0 Å². The lowest BCUT2D eigenvalue weighted by Gasteiger charge is -2.26. The maximum atomic E-state index is 12.6. The fourth-order valence-electron chi connectivity index (χ4n) is 2.95. The molecule has 1 fully saturated rings. The van der Waals surface area contributed by atoms with Gasteiger partial charge in [-0.25, -0.2) is 8.42 Å². The number of carbonyl (C=O) groups excluding carboxylic acids is 1. The number of hydrogen-bond acceptors (Lipinski definition) is 5. The summed E-state index contributed by atoms with van der Waals surface area (Å²) in [7, 11) is -3.57. The van der Waals surface area contributed by atoms with Gasteiger partial charge in [-0.05, 0) is 29.8 Å². The van der Waals surface area contributed by atoms with Crippen LogP contribution in [0.15, 0.2) is 59.5 Å². The number of nitrogens with one attached hydrogen (secondary N) is 1. The Morgan fingerprint density at radius 3 is 2.48 bits per heavy atom. The molecule has 31 heavy (non-hydrogen) atoms. The van der Waals surface area contributed by atoms with E-state index in [-0.39, 0.29) is 17.2 Å². The van der Waals surface area contributed by atoms with Crippen LogP contribution in [0.25, 0.3) is 6.08 Å². The van der Waals surface area contributed by atoms with E-state index < -0.39 is 22.5 Å². The second-order valence-corrected chi connectivity index (χ2v) is 8.57. The zero-order valence-corrected chi connectivity index (χ0v) is 17.4. The van der Waals surface area contributed by atoms with Gasteiger partial charge in [0.25, 0.3) is 0 Å². The minimum Gasteiger partial charge on any atom is -0.434 e. The maximum Gasteiger partial charge on any atom is 0.387 e. The molecule has 2 aromatic carbocycles. The third-order valence-corrected chi connectivity index (χ3v) is 6.46. The van der Waals surface area contributed by atoms with Gasteiger partial charge in [-0.1, -0.05) is 30.3 Å². The van der Waals surface area contributed by atoms with E-state index in [1.54, 1.807) is 30.3 Å². The Morgan fingerprint density at radius 2 is 1.81 bits per heavy atom. The van der Waals surface area contributed by atoms with Crippen molar-refractivity contribution in [3.63, 3.8) is 0 Å². The van der Waals surface area contributed by atoms with Crippen LogP contribution in [0.2, 0.25) is 0 Å². The van der Waals surface area contributed by atoms with E-state index in [2.05, 4.69) is 10.1 Å². The van der Waals surface area contributed by atoms with Crippen LogP contribution in [0.4, 0.5) is 8.78 Å². The number of rotatable bonds is 8. The van der Waals surface area contributed by atoms with E-state index >= 15 is 0 Å². The van der Waals surface area contributed by atoms with Crippen LogP contribution < -0.4 is 10.1 Å². The molecule has 0 unspecified atom stereocenters. The first-order valence-electron chi connectivity index (χ1n) is 9.53. The monoisotopic (exact) mass is 452 g/mol. The van der Waals surface area contributed by atoms with Crippen LogP contribution in [0.1, 0.15) is 11.1 Å². The molecule has 0 radical (unpaired) electrons. The molecule has 0 aromatic heterocycles. The van der Waals surface area contributed by atoms with Gasteiger partial charge in [-0.2, -0.15) is 13.1 Å². The van der Waals surface area contributed by atoms with E-state index in [1.807, 2.05) is 0 Å². The molecule has 1 N–H and O–H groups in total. The molecule has 7 nitrogen and oxygen atoms in total. The van der Waals surface area contributed by atoms with Gasteiger partial charge in [0.05, 0.1) is 18.1 Å². The number of ether oxygens (including phenoxy) is 2. The summed E-state index contributed by atoms with van der Waals surface area (Å²) in [5.74, 6) is -0.463. The Balaban J connectivity index is 1.57. The van der Waals surface area contributed by atoms with Gasteiger partial charge in [0.1, 0.15) is 5.75 Å². The normalized spacial score (nSPS) is 15.3. The number of halogens is 2. The molecule has 1 aliphatic rings. The van der Waals surface area contributed by atoms with Gasteiger partial charge >= 0.3 is 6.61 Å². The summed E-state index contributed by atoms with van der Waals surface area (Å²) in [6.45, 7) is -1.41. The lowest BCUT2D eigenvalue weighted by atomic mass is 10.2. The quantitative estimate of drug-likeness (QED) is 0.623.